The van der Waals surface area contributed by atoms with E-state index >= 15 is 0 Å². The number of fused-ring (bicyclic) bond motifs is 1. The molecule has 1 heterocycles. The normalized spacial score (nSPS) is 28.0. The van der Waals surface area contributed by atoms with E-state index in [-0.39, 0.29) is 12.5 Å². The van der Waals surface area contributed by atoms with Gasteiger partial charge < -0.3 is 15.4 Å². The first-order valence-electron chi connectivity index (χ1n) is 7.81. The molecule has 1 aromatic carbocycles. The molecule has 0 saturated carbocycles. The Kier molecular flexibility index (Phi) is 3.91. The van der Waals surface area contributed by atoms with Crippen LogP contribution in [0.4, 0.5) is 0 Å². The lowest BCUT2D eigenvalue weighted by atomic mass is 9.70. The van der Waals surface area contributed by atoms with Crippen LogP contribution in [-0.4, -0.2) is 42.5 Å². The molecule has 0 unspecified atom stereocenters. The van der Waals surface area contributed by atoms with Crippen molar-refractivity contribution in [2.24, 2.45) is 5.73 Å². The molecule has 2 aliphatic rings. The van der Waals surface area contributed by atoms with Gasteiger partial charge >= 0.3 is 0 Å². The van der Waals surface area contributed by atoms with E-state index in [1.165, 1.54) is 5.56 Å². The summed E-state index contributed by atoms with van der Waals surface area (Å²) in [4.78, 5) is 26.2. The first-order chi connectivity index (χ1) is 10.5. The Hall–Kier alpha value is -1.88. The lowest BCUT2D eigenvalue weighted by Crippen LogP contribution is -2.55. The maximum Gasteiger partial charge on any atom is 0.248 e. The van der Waals surface area contributed by atoms with Crippen LogP contribution in [0.2, 0.25) is 0 Å². The third-order valence-corrected chi connectivity index (χ3v) is 4.88. The Bertz CT molecular complexity index is 601. The van der Waals surface area contributed by atoms with E-state index in [4.69, 9.17) is 10.5 Å². The van der Waals surface area contributed by atoms with Crippen LogP contribution in [0, 0.1) is 0 Å². The number of amides is 2. The smallest absolute Gasteiger partial charge is 0.248 e. The summed E-state index contributed by atoms with van der Waals surface area (Å²) in [6, 6.07) is 8.16. The number of hydrogen-bond acceptors (Lipinski definition) is 3. The Labute approximate surface area is 130 Å². The number of benzene rings is 1. The van der Waals surface area contributed by atoms with Gasteiger partial charge in [-0.2, -0.15) is 0 Å². The van der Waals surface area contributed by atoms with E-state index in [2.05, 4.69) is 12.1 Å². The molecule has 5 nitrogen and oxygen atoms in total. The molecule has 1 saturated heterocycles. The highest BCUT2D eigenvalue weighted by Crippen LogP contribution is 2.38. The quantitative estimate of drug-likeness (QED) is 0.885. The summed E-state index contributed by atoms with van der Waals surface area (Å²) in [6.07, 6.45) is 2.16. The Morgan fingerprint density at radius 3 is 2.91 bits per heavy atom. The highest BCUT2D eigenvalue weighted by Gasteiger charge is 2.42. The third-order valence-electron chi connectivity index (χ3n) is 4.88. The zero-order chi connectivity index (χ0) is 15.7. The van der Waals surface area contributed by atoms with Crippen molar-refractivity contribution in [1.82, 2.24) is 4.90 Å². The van der Waals surface area contributed by atoms with Crippen molar-refractivity contribution in [1.29, 1.82) is 0 Å². The molecule has 1 aromatic rings. The van der Waals surface area contributed by atoms with Crippen LogP contribution in [0.1, 0.15) is 30.9 Å². The highest BCUT2D eigenvalue weighted by molar-refractivity contribution is 5.89. The zero-order valence-electron chi connectivity index (χ0n) is 12.9. The highest BCUT2D eigenvalue weighted by atomic mass is 16.5. The fraction of sp³-hybridized carbons (Fsp3) is 0.529. The number of morpholine rings is 1. The average molecular weight is 302 g/mol. The van der Waals surface area contributed by atoms with Crippen molar-refractivity contribution in [2.45, 2.75) is 37.7 Å². The van der Waals surface area contributed by atoms with Gasteiger partial charge in [0.25, 0.3) is 0 Å². The van der Waals surface area contributed by atoms with Crippen molar-refractivity contribution < 1.29 is 14.3 Å². The molecule has 3 rings (SSSR count). The predicted octanol–water partition coefficient (Wildman–Crippen LogP) is 0.993. The molecule has 0 bridgehead atoms. The number of rotatable bonds is 2. The second-order valence-corrected chi connectivity index (χ2v) is 6.36. The van der Waals surface area contributed by atoms with Crippen LogP contribution in [0.3, 0.4) is 0 Å². The van der Waals surface area contributed by atoms with Crippen LogP contribution >= 0.6 is 0 Å². The summed E-state index contributed by atoms with van der Waals surface area (Å²) in [5, 5.41) is 0. The lowest BCUT2D eigenvalue weighted by molar-refractivity contribution is -0.149. The molecule has 0 spiro atoms. The lowest BCUT2D eigenvalue weighted by Gasteiger charge is -2.41. The number of carbonyl (C=O) groups is 2. The summed E-state index contributed by atoms with van der Waals surface area (Å²) in [5.74, 6) is -0.430. The summed E-state index contributed by atoms with van der Waals surface area (Å²) in [5.41, 5.74) is 7.17. The van der Waals surface area contributed by atoms with Gasteiger partial charge in [-0.25, -0.2) is 0 Å². The van der Waals surface area contributed by atoms with Gasteiger partial charge in [0, 0.05) is 6.54 Å². The minimum atomic E-state index is -0.694. The largest absolute Gasteiger partial charge is 0.367 e. The van der Waals surface area contributed by atoms with E-state index in [0.29, 0.717) is 13.2 Å². The van der Waals surface area contributed by atoms with Gasteiger partial charge in [-0.1, -0.05) is 24.3 Å². The van der Waals surface area contributed by atoms with Crippen LogP contribution in [0.5, 0.6) is 0 Å². The van der Waals surface area contributed by atoms with Gasteiger partial charge in [0.05, 0.1) is 18.6 Å². The number of aryl methyl sites for hydroxylation is 1. The second kappa shape index (κ2) is 5.72. The van der Waals surface area contributed by atoms with Crippen LogP contribution in [-0.2, 0) is 26.2 Å². The number of nitrogens with two attached hydrogens (primary N) is 1. The molecule has 0 radical (unpaired) electrons. The van der Waals surface area contributed by atoms with Crippen molar-refractivity contribution in [2.75, 3.05) is 19.7 Å². The number of nitrogens with zero attached hydrogens (tertiary/aromatic N) is 1. The van der Waals surface area contributed by atoms with Gasteiger partial charge in [-0.15, -0.1) is 0 Å². The van der Waals surface area contributed by atoms with E-state index in [1.54, 1.807) is 4.90 Å². The minimum absolute atomic E-state index is 0.0780. The van der Waals surface area contributed by atoms with Crippen molar-refractivity contribution >= 4 is 11.8 Å². The Morgan fingerprint density at radius 1 is 1.36 bits per heavy atom. The number of carbonyl (C=O) groups excluding carboxylic acids is 2. The molecule has 118 valence electrons. The fourth-order valence-corrected chi connectivity index (χ4v) is 3.62. The third kappa shape index (κ3) is 2.50. The van der Waals surface area contributed by atoms with Crippen LogP contribution < -0.4 is 5.73 Å². The molecule has 1 aliphatic heterocycles. The first kappa shape index (κ1) is 15.0. The van der Waals surface area contributed by atoms with E-state index in [0.717, 1.165) is 24.8 Å². The topological polar surface area (TPSA) is 72.6 Å². The Balaban J connectivity index is 1.87. The van der Waals surface area contributed by atoms with Crippen molar-refractivity contribution in [3.8, 4) is 0 Å². The molecule has 1 aliphatic carbocycles. The number of ether oxygens (including phenoxy) is 1. The number of primary amides is 1. The summed E-state index contributed by atoms with van der Waals surface area (Å²) < 4.78 is 5.34. The molecule has 0 aromatic heterocycles. The molecule has 5 heteroatoms. The SMILES string of the molecule is C[C@@]1(C(=O)N2CCO[C@@H](C(N)=O)C2)CCCc2ccccc21. The van der Waals surface area contributed by atoms with Gasteiger partial charge in [-0.05, 0) is 37.3 Å². The monoisotopic (exact) mass is 302 g/mol. The second-order valence-electron chi connectivity index (χ2n) is 6.36. The van der Waals surface area contributed by atoms with Crippen LogP contribution in [0.15, 0.2) is 24.3 Å². The maximum atomic E-state index is 13.1. The standard InChI is InChI=1S/C17H22N2O3/c1-17(8-4-6-12-5-2-3-7-13(12)17)16(21)19-9-10-22-14(11-19)15(18)20/h2-3,5,7,14H,4,6,8-11H2,1H3,(H2,18,20)/t14-,17-/m1/s1. The molecular formula is C17H22N2O3. The summed E-state index contributed by atoms with van der Waals surface area (Å²) in [6.45, 7) is 3.14. The molecule has 1 fully saturated rings. The van der Waals surface area contributed by atoms with E-state index in [1.807, 2.05) is 19.1 Å². The zero-order valence-corrected chi connectivity index (χ0v) is 12.9. The molecule has 22 heavy (non-hydrogen) atoms. The van der Waals surface area contributed by atoms with Crippen molar-refractivity contribution in [3.05, 3.63) is 35.4 Å². The summed E-state index contributed by atoms with van der Waals surface area (Å²) in [7, 11) is 0. The summed E-state index contributed by atoms with van der Waals surface area (Å²) >= 11 is 0. The Morgan fingerprint density at radius 2 is 2.14 bits per heavy atom. The van der Waals surface area contributed by atoms with Crippen LogP contribution in [0.25, 0.3) is 0 Å². The fourth-order valence-electron chi connectivity index (χ4n) is 3.62. The van der Waals surface area contributed by atoms with E-state index in [9.17, 15) is 9.59 Å². The number of hydrogen-bond donors (Lipinski definition) is 1. The minimum Gasteiger partial charge on any atom is -0.367 e. The van der Waals surface area contributed by atoms with Gasteiger partial charge in [-0.3, -0.25) is 9.59 Å². The van der Waals surface area contributed by atoms with Gasteiger partial charge in [0.15, 0.2) is 6.10 Å². The van der Waals surface area contributed by atoms with Crippen molar-refractivity contribution in [3.63, 3.8) is 0 Å². The molecule has 2 N–H and O–H groups in total. The predicted molar refractivity (Wildman–Crippen MR) is 82.2 cm³/mol. The molecule has 2 atom stereocenters. The van der Waals surface area contributed by atoms with Gasteiger partial charge in [0.1, 0.15) is 0 Å². The average Bonchev–Trinajstić information content (AvgIpc) is 2.54. The van der Waals surface area contributed by atoms with Gasteiger partial charge in [0.2, 0.25) is 11.8 Å². The van der Waals surface area contributed by atoms with E-state index < -0.39 is 17.4 Å². The molecular weight excluding hydrogens is 280 g/mol. The maximum absolute atomic E-state index is 13.1. The first-order valence-corrected chi connectivity index (χ1v) is 7.81. The molecule has 2 amide bonds.